The lowest BCUT2D eigenvalue weighted by Crippen LogP contribution is -2.38. The molecule has 2 heterocycles. The topological polar surface area (TPSA) is 92.2 Å². The quantitative estimate of drug-likeness (QED) is 0.365. The van der Waals surface area contributed by atoms with E-state index in [1.807, 2.05) is 13.8 Å². The van der Waals surface area contributed by atoms with Gasteiger partial charge in [-0.1, -0.05) is 19.9 Å². The number of amides is 1. The third-order valence-electron chi connectivity index (χ3n) is 5.75. The van der Waals surface area contributed by atoms with Crippen LogP contribution in [0.2, 0.25) is 0 Å². The number of nitrogens with zero attached hydrogens (tertiary/aromatic N) is 3. The first kappa shape index (κ1) is 23.3. The number of ketones is 1. The minimum atomic E-state index is -0.729. The highest BCUT2D eigenvalue weighted by atomic mass is 16.5. The van der Waals surface area contributed by atoms with Crippen LogP contribution in [-0.4, -0.2) is 72.0 Å². The van der Waals surface area contributed by atoms with Gasteiger partial charge in [-0.2, -0.15) is 0 Å². The fraction of sp³-hybridized carbons (Fsp3) is 0.375. The Bertz CT molecular complexity index is 1000. The van der Waals surface area contributed by atoms with Crippen molar-refractivity contribution in [2.24, 2.45) is 0 Å². The predicted octanol–water partition coefficient (Wildman–Crippen LogP) is 2.86. The predicted molar refractivity (Wildman–Crippen MR) is 121 cm³/mol. The van der Waals surface area contributed by atoms with Gasteiger partial charge in [-0.05, 0) is 42.9 Å². The van der Waals surface area contributed by atoms with Crippen molar-refractivity contribution in [1.82, 2.24) is 14.8 Å². The summed E-state index contributed by atoms with van der Waals surface area (Å²) in [4.78, 5) is 33.9. The molecule has 1 saturated heterocycles. The van der Waals surface area contributed by atoms with Crippen LogP contribution in [0.1, 0.15) is 31.0 Å². The van der Waals surface area contributed by atoms with E-state index >= 15 is 0 Å². The summed E-state index contributed by atoms with van der Waals surface area (Å²) in [5.41, 5.74) is 1.06. The molecule has 1 aliphatic heterocycles. The second-order valence-electron chi connectivity index (χ2n) is 7.38. The van der Waals surface area contributed by atoms with E-state index in [9.17, 15) is 14.7 Å². The summed E-state index contributed by atoms with van der Waals surface area (Å²) in [6.07, 6.45) is 3.24. The largest absolute Gasteiger partial charge is 0.507 e. The van der Waals surface area contributed by atoms with E-state index in [0.29, 0.717) is 35.7 Å². The molecular weight excluding hydrogens is 410 g/mol. The Morgan fingerprint density at radius 3 is 2.44 bits per heavy atom. The van der Waals surface area contributed by atoms with Gasteiger partial charge in [0.25, 0.3) is 11.7 Å². The van der Waals surface area contributed by atoms with Gasteiger partial charge in [0.15, 0.2) is 11.5 Å². The summed E-state index contributed by atoms with van der Waals surface area (Å²) in [7, 11) is 3.00. The van der Waals surface area contributed by atoms with Gasteiger partial charge < -0.3 is 24.4 Å². The maximum atomic E-state index is 13.1. The van der Waals surface area contributed by atoms with Crippen molar-refractivity contribution in [3.8, 4) is 11.5 Å². The van der Waals surface area contributed by atoms with Crippen molar-refractivity contribution >= 4 is 17.4 Å². The number of methoxy groups -OCH3 is 2. The van der Waals surface area contributed by atoms with E-state index < -0.39 is 17.7 Å². The minimum Gasteiger partial charge on any atom is -0.507 e. The van der Waals surface area contributed by atoms with Crippen LogP contribution in [-0.2, 0) is 9.59 Å². The van der Waals surface area contributed by atoms with Crippen molar-refractivity contribution in [2.75, 3.05) is 40.4 Å². The first-order chi connectivity index (χ1) is 15.5. The molecule has 32 heavy (non-hydrogen) atoms. The summed E-state index contributed by atoms with van der Waals surface area (Å²) >= 11 is 0. The molecular formula is C24H29N3O5. The van der Waals surface area contributed by atoms with Crippen molar-refractivity contribution in [2.45, 2.75) is 19.9 Å². The van der Waals surface area contributed by atoms with Crippen LogP contribution < -0.4 is 9.47 Å². The van der Waals surface area contributed by atoms with Crippen LogP contribution in [0, 0.1) is 0 Å². The Balaban J connectivity index is 2.10. The highest BCUT2D eigenvalue weighted by molar-refractivity contribution is 6.46. The lowest BCUT2D eigenvalue weighted by Gasteiger charge is -2.28. The molecule has 0 aliphatic carbocycles. The number of likely N-dealkylation sites (tertiary alicyclic amines) is 1. The molecule has 1 unspecified atom stereocenters. The van der Waals surface area contributed by atoms with Crippen LogP contribution in [0.15, 0.2) is 48.3 Å². The molecule has 2 aromatic rings. The Hall–Kier alpha value is -3.39. The van der Waals surface area contributed by atoms with Gasteiger partial charge in [0.05, 0.1) is 25.8 Å². The smallest absolute Gasteiger partial charge is 0.295 e. The fourth-order valence-electron chi connectivity index (χ4n) is 3.92. The average Bonchev–Trinajstić information content (AvgIpc) is 3.09. The molecule has 1 aromatic heterocycles. The number of carbonyl (C=O) groups excluding carboxylic acids is 2. The molecule has 1 N–H and O–H groups in total. The fourth-order valence-corrected chi connectivity index (χ4v) is 3.92. The molecule has 1 atom stereocenters. The van der Waals surface area contributed by atoms with Crippen LogP contribution >= 0.6 is 0 Å². The summed E-state index contributed by atoms with van der Waals surface area (Å²) in [5, 5.41) is 11.2. The Morgan fingerprint density at radius 2 is 1.84 bits per heavy atom. The summed E-state index contributed by atoms with van der Waals surface area (Å²) in [5.74, 6) is -0.708. The first-order valence-electron chi connectivity index (χ1n) is 10.6. The third kappa shape index (κ3) is 4.45. The van der Waals surface area contributed by atoms with Crippen LogP contribution in [0.3, 0.4) is 0 Å². The number of aliphatic hydroxyl groups excluding tert-OH is 1. The third-order valence-corrected chi connectivity index (χ3v) is 5.75. The summed E-state index contributed by atoms with van der Waals surface area (Å²) in [6, 6.07) is 7.67. The van der Waals surface area contributed by atoms with Crippen molar-refractivity contribution in [3.63, 3.8) is 0 Å². The van der Waals surface area contributed by atoms with Gasteiger partial charge in [0, 0.05) is 31.0 Å². The van der Waals surface area contributed by atoms with Crippen LogP contribution in [0.25, 0.3) is 5.76 Å². The second kappa shape index (κ2) is 10.3. The number of benzene rings is 1. The zero-order valence-electron chi connectivity index (χ0n) is 18.9. The van der Waals surface area contributed by atoms with E-state index in [4.69, 9.17) is 9.47 Å². The van der Waals surface area contributed by atoms with Gasteiger partial charge >= 0.3 is 0 Å². The van der Waals surface area contributed by atoms with Gasteiger partial charge in [0.1, 0.15) is 5.76 Å². The van der Waals surface area contributed by atoms with E-state index in [0.717, 1.165) is 13.1 Å². The number of aliphatic hydroxyl groups is 1. The molecule has 0 bridgehead atoms. The molecule has 1 amide bonds. The number of rotatable bonds is 9. The van der Waals surface area contributed by atoms with E-state index in [1.165, 1.54) is 19.1 Å². The molecule has 0 saturated carbocycles. The Morgan fingerprint density at radius 1 is 1.12 bits per heavy atom. The zero-order valence-corrected chi connectivity index (χ0v) is 18.9. The number of hydrogen-bond acceptors (Lipinski definition) is 7. The van der Waals surface area contributed by atoms with Crippen molar-refractivity contribution in [3.05, 3.63) is 59.4 Å². The van der Waals surface area contributed by atoms with E-state index in [2.05, 4.69) is 9.88 Å². The number of ether oxygens (including phenoxy) is 2. The average molecular weight is 440 g/mol. The first-order valence-corrected chi connectivity index (χ1v) is 10.6. The molecule has 170 valence electrons. The van der Waals surface area contributed by atoms with Crippen LogP contribution in [0.5, 0.6) is 11.5 Å². The molecule has 0 radical (unpaired) electrons. The number of pyridine rings is 1. The van der Waals surface area contributed by atoms with E-state index in [-0.39, 0.29) is 11.3 Å². The number of hydrogen-bond donors (Lipinski definition) is 1. The lowest BCUT2D eigenvalue weighted by atomic mass is 9.96. The van der Waals surface area contributed by atoms with Gasteiger partial charge in [-0.15, -0.1) is 0 Å². The van der Waals surface area contributed by atoms with Crippen molar-refractivity contribution in [1.29, 1.82) is 0 Å². The standard InChI is InChI=1S/C24H29N3O5/c1-5-26(6-2)12-13-27-21(17-8-7-11-25-15-17)20(23(29)24(27)30)22(28)16-9-10-18(31-3)19(14-16)32-4/h7-11,14-15,21,28H,5-6,12-13H2,1-4H3. The van der Waals surface area contributed by atoms with Crippen LogP contribution in [0.4, 0.5) is 0 Å². The molecule has 1 fully saturated rings. The highest BCUT2D eigenvalue weighted by Crippen LogP contribution is 2.40. The van der Waals surface area contributed by atoms with Gasteiger partial charge in [-0.3, -0.25) is 14.6 Å². The zero-order chi connectivity index (χ0) is 23.3. The SMILES string of the molecule is CCN(CC)CCN1C(=O)C(=O)C(=C(O)c2ccc(OC)c(OC)c2)C1c1cccnc1. The number of carbonyl (C=O) groups is 2. The Labute approximate surface area is 188 Å². The second-order valence-corrected chi connectivity index (χ2v) is 7.38. The van der Waals surface area contributed by atoms with Gasteiger partial charge in [0.2, 0.25) is 0 Å². The number of likely N-dealkylation sites (N-methyl/N-ethyl adjacent to an activating group) is 1. The maximum Gasteiger partial charge on any atom is 0.295 e. The molecule has 0 spiro atoms. The van der Waals surface area contributed by atoms with E-state index in [1.54, 1.807) is 42.7 Å². The molecule has 3 rings (SSSR count). The van der Waals surface area contributed by atoms with Gasteiger partial charge in [-0.25, -0.2) is 0 Å². The summed E-state index contributed by atoms with van der Waals surface area (Å²) < 4.78 is 10.6. The lowest BCUT2D eigenvalue weighted by molar-refractivity contribution is -0.140. The molecule has 8 nitrogen and oxygen atoms in total. The van der Waals surface area contributed by atoms with Crippen molar-refractivity contribution < 1.29 is 24.2 Å². The monoisotopic (exact) mass is 439 g/mol. The molecule has 1 aliphatic rings. The molecule has 1 aromatic carbocycles. The normalized spacial score (nSPS) is 17.8. The highest BCUT2D eigenvalue weighted by Gasteiger charge is 2.46. The number of aromatic nitrogens is 1. The summed E-state index contributed by atoms with van der Waals surface area (Å²) in [6.45, 7) is 6.75. The maximum absolute atomic E-state index is 13.1. The number of Topliss-reactive ketones (excluding diaryl/α,β-unsaturated/α-hetero) is 1. The Kier molecular flexibility index (Phi) is 7.48. The molecule has 8 heteroatoms. The minimum absolute atomic E-state index is 0.0368.